The van der Waals surface area contributed by atoms with E-state index in [1.807, 2.05) is 42.5 Å². The Kier molecular flexibility index (Phi) is 6.71. The number of thiazole rings is 1. The molecule has 3 aromatic heterocycles. The molecule has 41 heavy (non-hydrogen) atoms. The molecule has 0 spiro atoms. The number of nitrogens with two attached hydrogens (primary N) is 1. The molecular formula is C33H29N3O4S. The fraction of sp³-hybridized carbons (Fsp3) is 0.182. The van der Waals surface area contributed by atoms with E-state index in [0.29, 0.717) is 33.7 Å². The first-order valence-electron chi connectivity index (χ1n) is 13.3. The van der Waals surface area contributed by atoms with E-state index in [4.69, 9.17) is 19.9 Å². The van der Waals surface area contributed by atoms with Gasteiger partial charge in [-0.2, -0.15) is 0 Å². The Labute approximate surface area is 241 Å². The highest BCUT2D eigenvalue weighted by Gasteiger charge is 2.21. The van der Waals surface area contributed by atoms with Gasteiger partial charge in [-0.25, -0.2) is 4.98 Å². The molecule has 0 atom stereocenters. The number of hydrogen-bond acceptors (Lipinski definition) is 7. The van der Waals surface area contributed by atoms with Crippen LogP contribution in [0.5, 0.6) is 0 Å². The van der Waals surface area contributed by atoms with Gasteiger partial charge in [0.1, 0.15) is 12.2 Å². The Morgan fingerprint density at radius 1 is 1.02 bits per heavy atom. The van der Waals surface area contributed by atoms with Crippen molar-refractivity contribution in [3.8, 4) is 10.8 Å². The molecule has 0 aliphatic carbocycles. The van der Waals surface area contributed by atoms with Gasteiger partial charge in [-0.1, -0.05) is 51.1 Å². The van der Waals surface area contributed by atoms with Crippen LogP contribution in [0.4, 0.5) is 5.69 Å². The van der Waals surface area contributed by atoms with E-state index in [1.54, 1.807) is 52.4 Å². The molecule has 0 bridgehead atoms. The maximum atomic E-state index is 13.8. The summed E-state index contributed by atoms with van der Waals surface area (Å²) < 4.78 is 13.1. The molecule has 0 aliphatic rings. The number of ether oxygens (including phenoxy) is 1. The number of furan rings is 1. The average molecular weight is 564 g/mol. The molecule has 6 aromatic rings. The Bertz CT molecular complexity index is 1910. The fourth-order valence-corrected chi connectivity index (χ4v) is 5.72. The molecule has 0 aliphatic heterocycles. The van der Waals surface area contributed by atoms with Crippen LogP contribution in [0.25, 0.3) is 32.6 Å². The van der Waals surface area contributed by atoms with Crippen LogP contribution < -0.4 is 5.73 Å². The summed E-state index contributed by atoms with van der Waals surface area (Å²) in [7, 11) is 0. The van der Waals surface area contributed by atoms with Gasteiger partial charge in [0.05, 0.1) is 17.6 Å². The molecule has 2 N–H and O–H groups in total. The summed E-state index contributed by atoms with van der Waals surface area (Å²) >= 11 is 1.54. The molecule has 0 unspecified atom stereocenters. The van der Waals surface area contributed by atoms with Crippen molar-refractivity contribution < 1.29 is 18.7 Å². The first-order chi connectivity index (χ1) is 19.7. The van der Waals surface area contributed by atoms with Crippen molar-refractivity contribution in [3.63, 3.8) is 0 Å². The van der Waals surface area contributed by atoms with E-state index in [2.05, 4.69) is 26.2 Å². The Hall–Kier alpha value is -4.69. The largest absolute Gasteiger partial charge is 0.461 e. The second-order valence-corrected chi connectivity index (χ2v) is 11.9. The third kappa shape index (κ3) is 5.38. The van der Waals surface area contributed by atoms with E-state index >= 15 is 0 Å². The highest BCUT2D eigenvalue weighted by Crippen LogP contribution is 2.34. The first-order valence-corrected chi connectivity index (χ1v) is 14.2. The second kappa shape index (κ2) is 10.4. The van der Waals surface area contributed by atoms with Crippen LogP contribution in [0.15, 0.2) is 88.8 Å². The van der Waals surface area contributed by atoms with Gasteiger partial charge in [0.15, 0.2) is 10.8 Å². The van der Waals surface area contributed by atoms with Gasteiger partial charge < -0.3 is 14.9 Å². The van der Waals surface area contributed by atoms with E-state index in [0.717, 1.165) is 27.0 Å². The number of rotatable bonds is 6. The van der Waals surface area contributed by atoms with Crippen LogP contribution in [0, 0.1) is 0 Å². The summed E-state index contributed by atoms with van der Waals surface area (Å²) in [6, 6.07) is 22.1. The molecule has 7 nitrogen and oxygen atoms in total. The minimum absolute atomic E-state index is 0.0154. The Morgan fingerprint density at radius 3 is 2.59 bits per heavy atom. The van der Waals surface area contributed by atoms with E-state index in [9.17, 15) is 9.59 Å². The molecule has 3 aromatic carbocycles. The average Bonchev–Trinajstić information content (AvgIpc) is 3.69. The maximum Gasteiger partial charge on any atom is 0.310 e. The van der Waals surface area contributed by atoms with Crippen LogP contribution in [-0.4, -0.2) is 21.4 Å². The monoisotopic (exact) mass is 563 g/mol. The van der Waals surface area contributed by atoms with Gasteiger partial charge in [-0.3, -0.25) is 14.2 Å². The predicted molar refractivity (Wildman–Crippen MR) is 162 cm³/mol. The Balaban J connectivity index is 1.28. The smallest absolute Gasteiger partial charge is 0.310 e. The van der Waals surface area contributed by atoms with E-state index in [-0.39, 0.29) is 30.3 Å². The number of esters is 1. The van der Waals surface area contributed by atoms with Crippen molar-refractivity contribution in [2.45, 2.75) is 39.2 Å². The third-order valence-electron chi connectivity index (χ3n) is 6.95. The molecule has 8 heteroatoms. The van der Waals surface area contributed by atoms with Crippen LogP contribution in [0.2, 0.25) is 0 Å². The summed E-state index contributed by atoms with van der Waals surface area (Å²) in [5.74, 6) is 0.0628. The van der Waals surface area contributed by atoms with Crippen molar-refractivity contribution in [1.29, 1.82) is 0 Å². The first kappa shape index (κ1) is 26.5. The molecule has 0 amide bonds. The zero-order valence-corrected chi connectivity index (χ0v) is 23.8. The number of aromatic nitrogens is 2. The lowest BCUT2D eigenvalue weighted by Crippen LogP contribution is -2.11. The lowest BCUT2D eigenvalue weighted by atomic mass is 9.93. The SMILES string of the molecule is CC(C)(C)c1csc(-c2cc3cc(C(=O)n4cc(CC(=O)OCc5ccccc5)c5cc(N)ccc54)ccc3o2)n1. The predicted octanol–water partition coefficient (Wildman–Crippen LogP) is 7.37. The lowest BCUT2D eigenvalue weighted by Gasteiger charge is -2.13. The zero-order chi connectivity index (χ0) is 28.7. The molecule has 206 valence electrons. The van der Waals surface area contributed by atoms with Gasteiger partial charge in [0.2, 0.25) is 0 Å². The fourth-order valence-electron chi connectivity index (χ4n) is 4.72. The summed E-state index contributed by atoms with van der Waals surface area (Å²) in [5.41, 5.74) is 11.0. The van der Waals surface area contributed by atoms with Gasteiger partial charge in [-0.05, 0) is 53.6 Å². The summed E-state index contributed by atoms with van der Waals surface area (Å²) in [4.78, 5) is 31.2. The summed E-state index contributed by atoms with van der Waals surface area (Å²) in [5, 5.41) is 4.40. The minimum Gasteiger partial charge on any atom is -0.461 e. The number of nitrogen functional groups attached to an aromatic ring is 1. The van der Waals surface area contributed by atoms with Crippen LogP contribution in [-0.2, 0) is 28.0 Å². The Morgan fingerprint density at radius 2 is 1.83 bits per heavy atom. The van der Waals surface area contributed by atoms with Gasteiger partial charge in [-0.15, -0.1) is 11.3 Å². The van der Waals surface area contributed by atoms with Gasteiger partial charge in [0.25, 0.3) is 5.91 Å². The number of nitrogens with zero attached hydrogens (tertiary/aromatic N) is 2. The molecule has 0 fully saturated rings. The van der Waals surface area contributed by atoms with E-state index in [1.165, 1.54) is 0 Å². The molecule has 3 heterocycles. The standard InChI is InChI=1S/C33H29N3O4S/c1-33(2,3)29-19-41-31(35-29)28-14-22-13-21(9-12-27(22)40-28)32(38)36-17-23(25-16-24(34)10-11-26(25)36)15-30(37)39-18-20-7-5-4-6-8-20/h4-14,16-17,19H,15,18,34H2,1-3H3. The molecule has 6 rings (SSSR count). The highest BCUT2D eigenvalue weighted by atomic mass is 32.1. The third-order valence-corrected chi connectivity index (χ3v) is 7.81. The number of anilines is 1. The van der Waals surface area contributed by atoms with E-state index < -0.39 is 0 Å². The van der Waals surface area contributed by atoms with Crippen molar-refractivity contribution >= 4 is 50.8 Å². The maximum absolute atomic E-state index is 13.8. The van der Waals surface area contributed by atoms with Crippen molar-refractivity contribution in [3.05, 3.63) is 107 Å². The number of hydrogen-bond donors (Lipinski definition) is 1. The number of carbonyl (C=O) groups is 2. The van der Waals surface area contributed by atoms with Crippen molar-refractivity contribution in [1.82, 2.24) is 9.55 Å². The molecular weight excluding hydrogens is 534 g/mol. The van der Waals surface area contributed by atoms with Crippen molar-refractivity contribution in [2.75, 3.05) is 5.73 Å². The van der Waals surface area contributed by atoms with Gasteiger partial charge >= 0.3 is 5.97 Å². The summed E-state index contributed by atoms with van der Waals surface area (Å²) in [6.07, 6.45) is 1.71. The normalized spacial score (nSPS) is 11.8. The molecule has 0 saturated carbocycles. The molecule has 0 saturated heterocycles. The second-order valence-electron chi connectivity index (χ2n) is 11.1. The topological polar surface area (TPSA) is 100 Å². The summed E-state index contributed by atoms with van der Waals surface area (Å²) in [6.45, 7) is 6.56. The highest BCUT2D eigenvalue weighted by molar-refractivity contribution is 7.13. The quantitative estimate of drug-likeness (QED) is 0.168. The lowest BCUT2D eigenvalue weighted by molar-refractivity contribution is -0.144. The zero-order valence-electron chi connectivity index (χ0n) is 23.0. The van der Waals surface area contributed by atoms with Crippen LogP contribution in [0.1, 0.15) is 48.0 Å². The van der Waals surface area contributed by atoms with Crippen LogP contribution in [0.3, 0.4) is 0 Å². The van der Waals surface area contributed by atoms with Gasteiger partial charge in [0, 0.05) is 39.0 Å². The van der Waals surface area contributed by atoms with Crippen molar-refractivity contribution in [2.24, 2.45) is 0 Å². The number of benzene rings is 3. The molecule has 0 radical (unpaired) electrons. The number of fused-ring (bicyclic) bond motifs is 2. The van der Waals surface area contributed by atoms with Crippen LogP contribution >= 0.6 is 11.3 Å². The minimum atomic E-state index is -0.382. The number of carbonyl (C=O) groups excluding carboxylic acids is 2.